The van der Waals surface area contributed by atoms with Crippen LogP contribution in [0.3, 0.4) is 0 Å². The Morgan fingerprint density at radius 3 is 2.69 bits per heavy atom. The number of amides is 1. The zero-order chi connectivity index (χ0) is 24.9. The number of nitriles is 1. The second-order valence-corrected chi connectivity index (χ2v) is 8.61. The van der Waals surface area contributed by atoms with Gasteiger partial charge in [0.15, 0.2) is 11.8 Å². The van der Waals surface area contributed by atoms with Gasteiger partial charge in [0.25, 0.3) is 0 Å². The van der Waals surface area contributed by atoms with Crippen LogP contribution in [0.1, 0.15) is 25.3 Å². The Balaban J connectivity index is 1.34. The van der Waals surface area contributed by atoms with E-state index in [9.17, 15) is 18.0 Å². The number of hydrogen-bond acceptors (Lipinski definition) is 6. The van der Waals surface area contributed by atoms with Crippen molar-refractivity contribution < 1.29 is 27.4 Å². The van der Waals surface area contributed by atoms with E-state index >= 15 is 0 Å². The van der Waals surface area contributed by atoms with Gasteiger partial charge in [0, 0.05) is 11.8 Å². The molecule has 8 nitrogen and oxygen atoms in total. The highest BCUT2D eigenvalue weighted by Gasteiger charge is 2.54. The summed E-state index contributed by atoms with van der Waals surface area (Å²) in [5.74, 6) is 0.275. The van der Waals surface area contributed by atoms with Crippen LogP contribution in [0, 0.1) is 11.3 Å². The van der Waals surface area contributed by atoms with Crippen molar-refractivity contribution in [3.05, 3.63) is 59.2 Å². The SMILES string of the molecule is CC(OC(=O)N1[C@H]2CC[C@H]1C2=COc1ncnc2c1ccn2-c1ccc(C#N)cc1Cl)C(F)(F)F. The molecule has 35 heavy (non-hydrogen) atoms. The van der Waals surface area contributed by atoms with E-state index in [1.165, 1.54) is 17.5 Å². The minimum Gasteiger partial charge on any atom is -0.446 e. The first kappa shape index (κ1) is 23.0. The molecule has 180 valence electrons. The highest BCUT2D eigenvalue weighted by Crippen LogP contribution is 2.46. The van der Waals surface area contributed by atoms with E-state index in [1.807, 2.05) is 6.07 Å². The first-order valence-electron chi connectivity index (χ1n) is 10.6. The van der Waals surface area contributed by atoms with Crippen molar-refractivity contribution in [1.82, 2.24) is 19.4 Å². The lowest BCUT2D eigenvalue weighted by Crippen LogP contribution is -2.55. The first-order chi connectivity index (χ1) is 16.7. The molecule has 2 aliphatic heterocycles. The molecule has 2 bridgehead atoms. The fourth-order valence-electron chi connectivity index (χ4n) is 4.41. The minimum absolute atomic E-state index is 0.275. The van der Waals surface area contributed by atoms with E-state index in [0.29, 0.717) is 40.1 Å². The van der Waals surface area contributed by atoms with Crippen LogP contribution < -0.4 is 4.74 Å². The van der Waals surface area contributed by atoms with E-state index in [4.69, 9.17) is 21.6 Å². The van der Waals surface area contributed by atoms with Gasteiger partial charge in [-0.2, -0.15) is 18.4 Å². The van der Waals surface area contributed by atoms with Crippen LogP contribution in [0.2, 0.25) is 5.02 Å². The van der Waals surface area contributed by atoms with Crippen LogP contribution in [0.5, 0.6) is 5.88 Å². The summed E-state index contributed by atoms with van der Waals surface area (Å²) in [6.45, 7) is 0.803. The first-order valence-corrected chi connectivity index (χ1v) is 11.0. The maximum atomic E-state index is 12.7. The fraction of sp³-hybridized carbons (Fsp3) is 0.304. The van der Waals surface area contributed by atoms with E-state index < -0.39 is 18.4 Å². The molecule has 1 amide bonds. The van der Waals surface area contributed by atoms with Gasteiger partial charge in [-0.3, -0.25) is 9.47 Å². The van der Waals surface area contributed by atoms with Gasteiger partial charge in [-0.05, 0) is 44.0 Å². The minimum atomic E-state index is -4.61. The van der Waals surface area contributed by atoms with E-state index in [0.717, 1.165) is 12.5 Å². The van der Waals surface area contributed by atoms with E-state index in [2.05, 4.69) is 14.7 Å². The number of alkyl halides is 3. The molecule has 1 aromatic carbocycles. The number of rotatable bonds is 4. The van der Waals surface area contributed by atoms with Gasteiger partial charge in [-0.25, -0.2) is 14.8 Å². The van der Waals surface area contributed by atoms with Gasteiger partial charge < -0.3 is 9.47 Å². The summed E-state index contributed by atoms with van der Waals surface area (Å²) in [7, 11) is 0. The molecule has 0 N–H and O–H groups in total. The summed E-state index contributed by atoms with van der Waals surface area (Å²) in [5.41, 5.74) is 2.38. The van der Waals surface area contributed by atoms with Crippen molar-refractivity contribution in [2.24, 2.45) is 0 Å². The Labute approximate surface area is 202 Å². The Hall–Kier alpha value is -3.78. The van der Waals surface area contributed by atoms with Gasteiger partial charge in [-0.1, -0.05) is 11.6 Å². The maximum Gasteiger partial charge on any atom is 0.425 e. The van der Waals surface area contributed by atoms with Crippen LogP contribution in [0.15, 0.2) is 48.6 Å². The smallest absolute Gasteiger partial charge is 0.425 e. The monoisotopic (exact) mass is 503 g/mol. The summed E-state index contributed by atoms with van der Waals surface area (Å²) in [5, 5.41) is 10.0. The number of fused-ring (bicyclic) bond motifs is 2. The zero-order valence-electron chi connectivity index (χ0n) is 18.2. The molecule has 3 fully saturated rings. The maximum absolute atomic E-state index is 12.7. The third-order valence-corrected chi connectivity index (χ3v) is 6.49. The molecular weight excluding hydrogens is 487 g/mol. The molecule has 3 aromatic rings. The second kappa shape index (κ2) is 8.46. The summed E-state index contributed by atoms with van der Waals surface area (Å²) in [6.07, 6.45) is -1.97. The molecule has 2 aromatic heterocycles. The Morgan fingerprint density at radius 2 is 2.03 bits per heavy atom. The number of carbonyl (C=O) groups excluding carboxylic acids is 1. The zero-order valence-corrected chi connectivity index (χ0v) is 18.9. The standard InChI is InChI=1S/C23H17ClF3N5O3/c1-12(23(25,26)27)35-22(33)32-17-4-5-18(32)15(17)10-34-21-14-6-7-31(20(14)29-11-30-21)19-3-2-13(9-28)8-16(19)24/h2-3,6-8,10-12,17-18H,4-5H2,1H3/t12?,17-,18-/m0/s1. The number of hydrogen-bond donors (Lipinski definition) is 0. The molecule has 0 radical (unpaired) electrons. The molecule has 6 rings (SSSR count). The van der Waals surface area contributed by atoms with Crippen LogP contribution in [0.25, 0.3) is 16.7 Å². The van der Waals surface area contributed by atoms with Crippen molar-refractivity contribution in [2.45, 2.75) is 44.1 Å². The molecule has 1 saturated carbocycles. The number of benzene rings is 1. The Morgan fingerprint density at radius 1 is 1.29 bits per heavy atom. The van der Waals surface area contributed by atoms with Crippen LogP contribution in [-0.2, 0) is 4.74 Å². The third-order valence-electron chi connectivity index (χ3n) is 6.19. The molecule has 2 saturated heterocycles. The molecule has 0 spiro atoms. The summed E-state index contributed by atoms with van der Waals surface area (Å²) < 4.78 is 50.3. The van der Waals surface area contributed by atoms with Crippen LogP contribution in [0.4, 0.5) is 18.0 Å². The van der Waals surface area contributed by atoms with Crippen LogP contribution in [-0.4, -0.2) is 49.9 Å². The van der Waals surface area contributed by atoms with Crippen molar-refractivity contribution in [3.8, 4) is 17.6 Å². The van der Waals surface area contributed by atoms with Crippen molar-refractivity contribution in [1.29, 1.82) is 5.26 Å². The van der Waals surface area contributed by atoms with Crippen molar-refractivity contribution in [3.63, 3.8) is 0 Å². The summed E-state index contributed by atoms with van der Waals surface area (Å²) >= 11 is 6.34. The number of aromatic nitrogens is 3. The Bertz CT molecular complexity index is 1380. The third kappa shape index (κ3) is 3.93. The number of halogens is 4. The number of ether oxygens (including phenoxy) is 2. The van der Waals surface area contributed by atoms with Crippen LogP contribution >= 0.6 is 11.6 Å². The van der Waals surface area contributed by atoms with Gasteiger partial charge in [0.1, 0.15) is 6.33 Å². The number of carbonyl (C=O) groups is 1. The molecule has 1 aliphatic carbocycles. The quantitative estimate of drug-likeness (QED) is 0.457. The topological polar surface area (TPSA) is 93.3 Å². The molecule has 3 aliphatic rings. The van der Waals surface area contributed by atoms with Gasteiger partial charge in [-0.15, -0.1) is 0 Å². The van der Waals surface area contributed by atoms with Gasteiger partial charge in [0.05, 0.1) is 46.1 Å². The van der Waals surface area contributed by atoms with Gasteiger partial charge in [0.2, 0.25) is 5.88 Å². The Kier molecular flexibility index (Phi) is 5.56. The molecular formula is C23H17ClF3N5O3. The fourth-order valence-corrected chi connectivity index (χ4v) is 4.68. The summed E-state index contributed by atoms with van der Waals surface area (Å²) in [4.78, 5) is 22.0. The summed E-state index contributed by atoms with van der Waals surface area (Å²) in [6, 6.07) is 7.98. The predicted octanol–water partition coefficient (Wildman–Crippen LogP) is 5.14. The van der Waals surface area contributed by atoms with E-state index in [1.54, 1.807) is 35.0 Å². The lowest BCUT2D eigenvalue weighted by molar-refractivity contribution is -0.200. The highest BCUT2D eigenvalue weighted by molar-refractivity contribution is 6.32. The largest absolute Gasteiger partial charge is 0.446 e. The molecule has 12 heteroatoms. The lowest BCUT2D eigenvalue weighted by atomic mass is 9.97. The molecule has 4 heterocycles. The molecule has 3 atom stereocenters. The lowest BCUT2D eigenvalue weighted by Gasteiger charge is -2.42. The van der Waals surface area contributed by atoms with E-state index in [-0.39, 0.29) is 18.0 Å². The molecule has 1 unspecified atom stereocenters. The number of nitrogens with zero attached hydrogens (tertiary/aromatic N) is 5. The van der Waals surface area contributed by atoms with Crippen molar-refractivity contribution in [2.75, 3.05) is 0 Å². The highest BCUT2D eigenvalue weighted by atomic mass is 35.5. The average Bonchev–Trinajstić information content (AvgIpc) is 3.54. The average molecular weight is 504 g/mol. The van der Waals surface area contributed by atoms with Gasteiger partial charge >= 0.3 is 12.3 Å². The predicted molar refractivity (Wildman–Crippen MR) is 118 cm³/mol. The second-order valence-electron chi connectivity index (χ2n) is 8.20. The van der Waals surface area contributed by atoms with Crippen molar-refractivity contribution >= 4 is 28.7 Å². The normalized spacial score (nSPS) is 19.8.